The van der Waals surface area contributed by atoms with Crippen LogP contribution in [0.15, 0.2) is 47.4 Å². The molecule has 3 rings (SSSR count). The summed E-state index contributed by atoms with van der Waals surface area (Å²) in [6.07, 6.45) is 1.75. The first-order valence-electron chi connectivity index (χ1n) is 7.72. The van der Waals surface area contributed by atoms with Crippen LogP contribution in [0.4, 0.5) is 5.69 Å². The number of benzene rings is 2. The molecular formula is C19H17NO4S2. The molecule has 0 unspecified atom stereocenters. The number of anilines is 1. The van der Waals surface area contributed by atoms with Gasteiger partial charge < -0.3 is 14.2 Å². The van der Waals surface area contributed by atoms with Gasteiger partial charge in [0, 0.05) is 11.6 Å². The van der Waals surface area contributed by atoms with Crippen LogP contribution in [-0.4, -0.2) is 31.6 Å². The third kappa shape index (κ3) is 3.40. The van der Waals surface area contributed by atoms with Crippen LogP contribution in [0.1, 0.15) is 5.56 Å². The molecule has 2 aromatic carbocycles. The van der Waals surface area contributed by atoms with Gasteiger partial charge in [0.05, 0.1) is 31.9 Å². The first-order chi connectivity index (χ1) is 12.6. The molecule has 1 aliphatic heterocycles. The van der Waals surface area contributed by atoms with Gasteiger partial charge in [-0.05, 0) is 24.3 Å². The average Bonchev–Trinajstić information content (AvgIpc) is 2.95. The van der Waals surface area contributed by atoms with Gasteiger partial charge in [-0.3, -0.25) is 9.69 Å². The molecule has 0 atom stereocenters. The molecule has 1 heterocycles. The number of methoxy groups -OCH3 is 3. The summed E-state index contributed by atoms with van der Waals surface area (Å²) in [5, 5.41) is 0. The quantitative estimate of drug-likeness (QED) is 0.568. The van der Waals surface area contributed by atoms with E-state index < -0.39 is 0 Å². The predicted molar refractivity (Wildman–Crippen MR) is 108 cm³/mol. The molecule has 26 heavy (non-hydrogen) atoms. The van der Waals surface area contributed by atoms with E-state index in [2.05, 4.69) is 0 Å². The number of nitrogens with zero attached hydrogens (tertiary/aromatic N) is 1. The number of rotatable bonds is 5. The van der Waals surface area contributed by atoms with Gasteiger partial charge in [0.1, 0.15) is 5.75 Å². The Morgan fingerprint density at radius 3 is 2.19 bits per heavy atom. The van der Waals surface area contributed by atoms with Gasteiger partial charge in [0.2, 0.25) is 0 Å². The molecule has 0 saturated carbocycles. The molecule has 0 bridgehead atoms. The van der Waals surface area contributed by atoms with Crippen molar-refractivity contribution in [3.8, 4) is 17.2 Å². The van der Waals surface area contributed by atoms with Crippen molar-refractivity contribution >= 4 is 46.0 Å². The van der Waals surface area contributed by atoms with Crippen LogP contribution in [0.2, 0.25) is 0 Å². The largest absolute Gasteiger partial charge is 0.496 e. The van der Waals surface area contributed by atoms with E-state index in [1.165, 1.54) is 16.7 Å². The van der Waals surface area contributed by atoms with Crippen LogP contribution in [0.5, 0.6) is 17.2 Å². The van der Waals surface area contributed by atoms with Gasteiger partial charge in [0.25, 0.3) is 5.91 Å². The Morgan fingerprint density at radius 2 is 1.58 bits per heavy atom. The second-order valence-corrected chi connectivity index (χ2v) is 6.98. The van der Waals surface area contributed by atoms with Crippen molar-refractivity contribution < 1.29 is 19.0 Å². The first kappa shape index (κ1) is 18.3. The zero-order chi connectivity index (χ0) is 18.7. The predicted octanol–water partition coefficient (Wildman–Crippen LogP) is 4.12. The number of hydrogen-bond acceptors (Lipinski definition) is 6. The van der Waals surface area contributed by atoms with Crippen LogP contribution >= 0.6 is 24.0 Å². The lowest BCUT2D eigenvalue weighted by Crippen LogP contribution is -2.27. The minimum absolute atomic E-state index is 0.164. The highest BCUT2D eigenvalue weighted by atomic mass is 32.2. The first-order valence-corrected chi connectivity index (χ1v) is 8.94. The highest BCUT2D eigenvalue weighted by molar-refractivity contribution is 8.27. The third-order valence-corrected chi connectivity index (χ3v) is 5.13. The van der Waals surface area contributed by atoms with Gasteiger partial charge in [-0.15, -0.1) is 0 Å². The molecule has 1 aliphatic rings. The normalized spacial score (nSPS) is 15.5. The van der Waals surface area contributed by atoms with Crippen LogP contribution in [0.25, 0.3) is 6.08 Å². The molecule has 5 nitrogen and oxygen atoms in total. The number of thioether (sulfide) groups is 1. The van der Waals surface area contributed by atoms with Crippen LogP contribution in [-0.2, 0) is 4.79 Å². The van der Waals surface area contributed by atoms with E-state index in [9.17, 15) is 4.79 Å². The van der Waals surface area contributed by atoms with Crippen molar-refractivity contribution in [1.29, 1.82) is 0 Å². The molecule has 0 N–H and O–H groups in total. The summed E-state index contributed by atoms with van der Waals surface area (Å²) in [6, 6.07) is 12.8. The zero-order valence-electron chi connectivity index (χ0n) is 14.5. The maximum Gasteiger partial charge on any atom is 0.270 e. The van der Waals surface area contributed by atoms with E-state index >= 15 is 0 Å². The Hall–Kier alpha value is -2.51. The van der Waals surface area contributed by atoms with E-state index in [-0.39, 0.29) is 5.91 Å². The van der Waals surface area contributed by atoms with Crippen molar-refractivity contribution in [3.05, 3.63) is 52.9 Å². The van der Waals surface area contributed by atoms with E-state index in [1.807, 2.05) is 30.3 Å². The molecule has 134 valence electrons. The van der Waals surface area contributed by atoms with Crippen molar-refractivity contribution in [3.63, 3.8) is 0 Å². The maximum absolute atomic E-state index is 12.9. The summed E-state index contributed by atoms with van der Waals surface area (Å²) in [5.41, 5.74) is 1.45. The SMILES string of the molecule is COc1cc(OC)c(OC)cc1/C=C1/SC(=S)N(c2ccccc2)C1=O. The Morgan fingerprint density at radius 1 is 0.962 bits per heavy atom. The average molecular weight is 387 g/mol. The molecule has 7 heteroatoms. The lowest BCUT2D eigenvalue weighted by Gasteiger charge is -2.14. The van der Waals surface area contributed by atoms with Crippen molar-refractivity contribution in [1.82, 2.24) is 0 Å². The van der Waals surface area contributed by atoms with Gasteiger partial charge in [-0.25, -0.2) is 0 Å². The molecule has 0 spiro atoms. The summed E-state index contributed by atoms with van der Waals surface area (Å²) in [5.74, 6) is 1.52. The molecule has 0 aromatic heterocycles. The number of carbonyl (C=O) groups excluding carboxylic acids is 1. The standard InChI is InChI=1S/C19H17NO4S2/c1-22-14-11-16(24-3)15(23-2)9-12(14)10-17-18(21)20(19(25)26-17)13-7-5-4-6-8-13/h4-11H,1-3H3/b17-10+. The Labute approximate surface area is 161 Å². The summed E-state index contributed by atoms with van der Waals surface area (Å²) >= 11 is 6.65. The lowest BCUT2D eigenvalue weighted by molar-refractivity contribution is -0.113. The molecular weight excluding hydrogens is 370 g/mol. The summed E-state index contributed by atoms with van der Waals surface area (Å²) < 4.78 is 16.5. The Balaban J connectivity index is 2.01. The second-order valence-electron chi connectivity index (χ2n) is 5.30. The lowest BCUT2D eigenvalue weighted by atomic mass is 10.1. The number of carbonyl (C=O) groups is 1. The molecule has 1 fully saturated rings. The summed E-state index contributed by atoms with van der Waals surface area (Å²) in [7, 11) is 4.68. The molecule has 1 amide bonds. The highest BCUT2D eigenvalue weighted by Gasteiger charge is 2.33. The van der Waals surface area contributed by atoms with Crippen molar-refractivity contribution in [2.75, 3.05) is 26.2 Å². The topological polar surface area (TPSA) is 48.0 Å². The minimum Gasteiger partial charge on any atom is -0.496 e. The monoisotopic (exact) mass is 387 g/mol. The molecule has 0 radical (unpaired) electrons. The van der Waals surface area contributed by atoms with E-state index in [4.69, 9.17) is 26.4 Å². The fraction of sp³-hybridized carbons (Fsp3) is 0.158. The smallest absolute Gasteiger partial charge is 0.270 e. The van der Waals surface area contributed by atoms with Crippen molar-refractivity contribution in [2.24, 2.45) is 0 Å². The fourth-order valence-electron chi connectivity index (χ4n) is 2.57. The second kappa shape index (κ2) is 7.80. The van der Waals surface area contributed by atoms with Gasteiger partial charge in [0.15, 0.2) is 15.8 Å². The Kier molecular flexibility index (Phi) is 5.49. The number of thiocarbonyl (C=S) groups is 1. The number of para-hydroxylation sites is 1. The van der Waals surface area contributed by atoms with Crippen molar-refractivity contribution in [2.45, 2.75) is 0 Å². The molecule has 1 saturated heterocycles. The molecule has 0 aliphatic carbocycles. The number of ether oxygens (including phenoxy) is 3. The van der Waals surface area contributed by atoms with Crippen LogP contribution in [0.3, 0.4) is 0 Å². The minimum atomic E-state index is -0.164. The van der Waals surface area contributed by atoms with E-state index in [0.717, 1.165) is 5.69 Å². The zero-order valence-corrected chi connectivity index (χ0v) is 16.1. The highest BCUT2D eigenvalue weighted by Crippen LogP contribution is 2.40. The molecule has 2 aromatic rings. The van der Waals surface area contributed by atoms with E-state index in [0.29, 0.717) is 32.0 Å². The van der Waals surface area contributed by atoms with Crippen LogP contribution in [0, 0.1) is 0 Å². The van der Waals surface area contributed by atoms with Gasteiger partial charge in [-0.2, -0.15) is 0 Å². The fourth-order valence-corrected chi connectivity index (χ4v) is 3.86. The Bertz CT molecular complexity index is 881. The van der Waals surface area contributed by atoms with E-state index in [1.54, 1.807) is 39.5 Å². The summed E-state index contributed by atoms with van der Waals surface area (Å²) in [6.45, 7) is 0. The third-order valence-electron chi connectivity index (χ3n) is 3.83. The van der Waals surface area contributed by atoms with Gasteiger partial charge >= 0.3 is 0 Å². The number of hydrogen-bond donors (Lipinski definition) is 0. The summed E-state index contributed by atoms with van der Waals surface area (Å²) in [4.78, 5) is 14.9. The van der Waals surface area contributed by atoms with Crippen LogP contribution < -0.4 is 19.1 Å². The number of amides is 1. The van der Waals surface area contributed by atoms with Gasteiger partial charge in [-0.1, -0.05) is 42.2 Å². The maximum atomic E-state index is 12.9.